The Morgan fingerprint density at radius 2 is 1.95 bits per heavy atom. The number of anilines is 1. The number of benzene rings is 2. The predicted molar refractivity (Wildman–Crippen MR) is 83.6 cm³/mol. The van der Waals surface area contributed by atoms with E-state index in [2.05, 4.69) is 49.5 Å². The summed E-state index contributed by atoms with van der Waals surface area (Å²) in [6.45, 7) is 7.09. The fourth-order valence-corrected chi connectivity index (χ4v) is 2.95. The number of ether oxygens (including phenoxy) is 1. The summed E-state index contributed by atoms with van der Waals surface area (Å²) >= 11 is 0. The lowest BCUT2D eigenvalue weighted by Gasteiger charge is -2.14. The predicted octanol–water partition coefficient (Wildman–Crippen LogP) is 4.41. The van der Waals surface area contributed by atoms with Crippen molar-refractivity contribution in [2.75, 3.05) is 11.9 Å². The third kappa shape index (κ3) is 2.26. The van der Waals surface area contributed by atoms with Gasteiger partial charge in [-0.2, -0.15) is 0 Å². The standard InChI is InChI=1S/C18H21NO/c1-4-20-15-7-5-6-14(10-15)17-11-16-12(2)8-9-13(3)18(16)19-17/h5-10,17,19H,4,11H2,1-3H3. The maximum atomic E-state index is 5.60. The molecule has 1 aliphatic heterocycles. The van der Waals surface area contributed by atoms with E-state index in [1.165, 1.54) is 27.9 Å². The van der Waals surface area contributed by atoms with Crippen LogP contribution in [-0.2, 0) is 6.42 Å². The molecule has 20 heavy (non-hydrogen) atoms. The third-order valence-electron chi connectivity index (χ3n) is 4.05. The second-order valence-corrected chi connectivity index (χ2v) is 5.46. The Hall–Kier alpha value is -1.96. The zero-order chi connectivity index (χ0) is 14.1. The van der Waals surface area contributed by atoms with Gasteiger partial charge in [0.15, 0.2) is 0 Å². The topological polar surface area (TPSA) is 21.3 Å². The molecule has 1 atom stereocenters. The lowest BCUT2D eigenvalue weighted by atomic mass is 9.98. The maximum Gasteiger partial charge on any atom is 0.119 e. The molecule has 0 saturated heterocycles. The number of fused-ring (bicyclic) bond motifs is 1. The van der Waals surface area contributed by atoms with Crippen LogP contribution in [-0.4, -0.2) is 6.61 Å². The number of rotatable bonds is 3. The molecule has 0 bridgehead atoms. The van der Waals surface area contributed by atoms with Crippen LogP contribution >= 0.6 is 0 Å². The van der Waals surface area contributed by atoms with E-state index in [1.54, 1.807) is 0 Å². The highest BCUT2D eigenvalue weighted by molar-refractivity contribution is 5.65. The molecule has 0 spiro atoms. The molecule has 0 aliphatic carbocycles. The summed E-state index contributed by atoms with van der Waals surface area (Å²) < 4.78 is 5.60. The summed E-state index contributed by atoms with van der Waals surface area (Å²) in [5.41, 5.74) is 6.77. The molecule has 1 unspecified atom stereocenters. The Labute approximate surface area is 120 Å². The highest BCUT2D eigenvalue weighted by Crippen LogP contribution is 2.38. The summed E-state index contributed by atoms with van der Waals surface area (Å²) in [5, 5.41) is 3.67. The Morgan fingerprint density at radius 1 is 1.15 bits per heavy atom. The van der Waals surface area contributed by atoms with Crippen molar-refractivity contribution in [1.82, 2.24) is 0 Å². The maximum absolute atomic E-state index is 5.60. The zero-order valence-electron chi connectivity index (χ0n) is 12.4. The van der Waals surface area contributed by atoms with Crippen LogP contribution in [0.2, 0.25) is 0 Å². The number of hydrogen-bond acceptors (Lipinski definition) is 2. The summed E-state index contributed by atoms with van der Waals surface area (Å²) in [6.07, 6.45) is 1.05. The molecular weight excluding hydrogens is 246 g/mol. The molecule has 0 saturated carbocycles. The Morgan fingerprint density at radius 3 is 2.70 bits per heavy atom. The van der Waals surface area contributed by atoms with Crippen molar-refractivity contribution >= 4 is 5.69 Å². The van der Waals surface area contributed by atoms with Crippen molar-refractivity contribution in [2.45, 2.75) is 33.2 Å². The minimum absolute atomic E-state index is 0.352. The first-order valence-corrected chi connectivity index (χ1v) is 7.27. The van der Waals surface area contributed by atoms with Crippen molar-refractivity contribution in [3.05, 3.63) is 58.7 Å². The minimum Gasteiger partial charge on any atom is -0.494 e. The van der Waals surface area contributed by atoms with E-state index in [0.717, 1.165) is 12.2 Å². The fourth-order valence-electron chi connectivity index (χ4n) is 2.95. The van der Waals surface area contributed by atoms with E-state index in [9.17, 15) is 0 Å². The first-order valence-electron chi connectivity index (χ1n) is 7.27. The van der Waals surface area contributed by atoms with Crippen LogP contribution in [0.25, 0.3) is 0 Å². The second-order valence-electron chi connectivity index (χ2n) is 5.46. The van der Waals surface area contributed by atoms with Crippen LogP contribution in [0.1, 0.15) is 35.2 Å². The van der Waals surface area contributed by atoms with Crippen LogP contribution in [0.5, 0.6) is 5.75 Å². The molecule has 0 radical (unpaired) electrons. The molecule has 2 aromatic carbocycles. The van der Waals surface area contributed by atoms with Gasteiger partial charge in [0.1, 0.15) is 5.75 Å². The molecule has 2 aromatic rings. The second kappa shape index (κ2) is 5.20. The average Bonchev–Trinajstić information content (AvgIpc) is 2.90. The van der Waals surface area contributed by atoms with Gasteiger partial charge in [0.05, 0.1) is 12.6 Å². The molecule has 1 heterocycles. The Bertz CT molecular complexity index is 602. The zero-order valence-corrected chi connectivity index (χ0v) is 12.4. The van der Waals surface area contributed by atoms with Crippen LogP contribution < -0.4 is 10.1 Å². The number of hydrogen-bond donors (Lipinski definition) is 1. The number of nitrogens with one attached hydrogen (secondary N) is 1. The van der Waals surface area contributed by atoms with Crippen LogP contribution in [0, 0.1) is 13.8 Å². The lowest BCUT2D eigenvalue weighted by molar-refractivity contribution is 0.339. The van der Waals surface area contributed by atoms with Crippen LogP contribution in [0.3, 0.4) is 0 Å². The fraction of sp³-hybridized carbons (Fsp3) is 0.333. The van der Waals surface area contributed by atoms with Gasteiger partial charge in [-0.05, 0) is 61.6 Å². The van der Waals surface area contributed by atoms with Gasteiger partial charge in [-0.25, -0.2) is 0 Å². The number of aryl methyl sites for hydroxylation is 2. The molecule has 2 heteroatoms. The van der Waals surface area contributed by atoms with Gasteiger partial charge in [-0.1, -0.05) is 24.3 Å². The van der Waals surface area contributed by atoms with E-state index in [-0.39, 0.29) is 0 Å². The molecule has 0 amide bonds. The Balaban J connectivity index is 1.90. The first-order chi connectivity index (χ1) is 9.69. The van der Waals surface area contributed by atoms with E-state index in [0.29, 0.717) is 12.6 Å². The summed E-state index contributed by atoms with van der Waals surface area (Å²) in [5.74, 6) is 0.955. The molecule has 0 aromatic heterocycles. The van der Waals surface area contributed by atoms with Crippen molar-refractivity contribution in [3.63, 3.8) is 0 Å². The van der Waals surface area contributed by atoms with Gasteiger partial charge in [0.25, 0.3) is 0 Å². The van der Waals surface area contributed by atoms with Crippen molar-refractivity contribution in [1.29, 1.82) is 0 Å². The van der Waals surface area contributed by atoms with Gasteiger partial charge in [-0.3, -0.25) is 0 Å². The van der Waals surface area contributed by atoms with Gasteiger partial charge in [0.2, 0.25) is 0 Å². The Kier molecular flexibility index (Phi) is 3.39. The molecular formula is C18H21NO. The first kappa shape index (κ1) is 13.0. The largest absolute Gasteiger partial charge is 0.494 e. The van der Waals surface area contributed by atoms with Gasteiger partial charge >= 0.3 is 0 Å². The van der Waals surface area contributed by atoms with Gasteiger partial charge < -0.3 is 10.1 Å². The summed E-state index contributed by atoms with van der Waals surface area (Å²) in [6, 6.07) is 13.2. The van der Waals surface area contributed by atoms with Crippen molar-refractivity contribution in [2.24, 2.45) is 0 Å². The molecule has 1 aliphatic rings. The summed E-state index contributed by atoms with van der Waals surface area (Å²) in [4.78, 5) is 0. The average molecular weight is 267 g/mol. The van der Waals surface area contributed by atoms with Crippen molar-refractivity contribution in [3.8, 4) is 5.75 Å². The van der Waals surface area contributed by atoms with E-state index >= 15 is 0 Å². The molecule has 104 valence electrons. The highest BCUT2D eigenvalue weighted by atomic mass is 16.5. The third-order valence-corrected chi connectivity index (χ3v) is 4.05. The highest BCUT2D eigenvalue weighted by Gasteiger charge is 2.24. The molecule has 3 rings (SSSR count). The van der Waals surface area contributed by atoms with Gasteiger partial charge in [-0.15, -0.1) is 0 Å². The van der Waals surface area contributed by atoms with E-state index in [4.69, 9.17) is 4.74 Å². The van der Waals surface area contributed by atoms with E-state index in [1.807, 2.05) is 13.0 Å². The van der Waals surface area contributed by atoms with Crippen LogP contribution in [0.4, 0.5) is 5.69 Å². The van der Waals surface area contributed by atoms with E-state index < -0.39 is 0 Å². The quantitative estimate of drug-likeness (QED) is 0.889. The van der Waals surface area contributed by atoms with Crippen molar-refractivity contribution < 1.29 is 4.74 Å². The smallest absolute Gasteiger partial charge is 0.119 e. The monoisotopic (exact) mass is 267 g/mol. The minimum atomic E-state index is 0.352. The van der Waals surface area contributed by atoms with Crippen LogP contribution in [0.15, 0.2) is 36.4 Å². The summed E-state index contributed by atoms with van der Waals surface area (Å²) in [7, 11) is 0. The molecule has 0 fully saturated rings. The molecule has 2 nitrogen and oxygen atoms in total. The van der Waals surface area contributed by atoms with Gasteiger partial charge in [0, 0.05) is 5.69 Å². The normalized spacial score (nSPS) is 16.6. The molecule has 1 N–H and O–H groups in total. The SMILES string of the molecule is CCOc1cccc(C2Cc3c(C)ccc(C)c3N2)c1. The lowest BCUT2D eigenvalue weighted by Crippen LogP contribution is -2.06.